The quantitative estimate of drug-likeness (QED) is 0.271. The van der Waals surface area contributed by atoms with Crippen LogP contribution in [0.15, 0.2) is 42.5 Å². The summed E-state index contributed by atoms with van der Waals surface area (Å²) in [6, 6.07) is 10.7. The molecule has 25 heavy (non-hydrogen) atoms. The van der Waals surface area contributed by atoms with E-state index in [1.54, 1.807) is 36.4 Å². The molecule has 0 radical (unpaired) electrons. The number of benzene rings is 2. The second-order valence-electron chi connectivity index (χ2n) is 5.07. The number of carbonyl (C=O) groups excluding carboxylic acids is 2. The molecular formula is C18H15NO6. The van der Waals surface area contributed by atoms with Gasteiger partial charge in [-0.05, 0) is 29.8 Å². The van der Waals surface area contributed by atoms with E-state index in [1.165, 1.54) is 32.0 Å². The van der Waals surface area contributed by atoms with Crippen LogP contribution in [0.1, 0.15) is 25.0 Å². The van der Waals surface area contributed by atoms with Crippen LogP contribution in [0.25, 0.3) is 12.2 Å². The number of esters is 2. The predicted octanol–water partition coefficient (Wildman–Crippen LogP) is 3.62. The summed E-state index contributed by atoms with van der Waals surface area (Å²) in [6.07, 6.45) is 3.41. The molecule has 2 aromatic carbocycles. The molecule has 2 aromatic rings. The molecule has 0 aliphatic rings. The Balaban J connectivity index is 2.28. The van der Waals surface area contributed by atoms with Crippen LogP contribution >= 0.6 is 0 Å². The van der Waals surface area contributed by atoms with Crippen LogP contribution in [0, 0.1) is 10.1 Å². The Morgan fingerprint density at radius 2 is 1.60 bits per heavy atom. The van der Waals surface area contributed by atoms with Gasteiger partial charge in [0.1, 0.15) is 11.5 Å². The minimum atomic E-state index is -0.509. The molecule has 0 aliphatic carbocycles. The predicted molar refractivity (Wildman–Crippen MR) is 91.1 cm³/mol. The molecule has 0 fully saturated rings. The average Bonchev–Trinajstić information content (AvgIpc) is 2.53. The molecule has 0 amide bonds. The zero-order valence-corrected chi connectivity index (χ0v) is 13.6. The van der Waals surface area contributed by atoms with Gasteiger partial charge >= 0.3 is 11.9 Å². The van der Waals surface area contributed by atoms with E-state index in [0.717, 1.165) is 5.56 Å². The third-order valence-corrected chi connectivity index (χ3v) is 3.06. The zero-order valence-electron chi connectivity index (χ0n) is 13.6. The summed E-state index contributed by atoms with van der Waals surface area (Å²) in [6.45, 7) is 2.54. The zero-order chi connectivity index (χ0) is 18.4. The van der Waals surface area contributed by atoms with E-state index < -0.39 is 16.9 Å². The van der Waals surface area contributed by atoms with Gasteiger partial charge in [0.15, 0.2) is 0 Å². The van der Waals surface area contributed by atoms with Gasteiger partial charge in [-0.3, -0.25) is 19.7 Å². The summed E-state index contributed by atoms with van der Waals surface area (Å²) in [5.41, 5.74) is 1.33. The molecule has 0 atom stereocenters. The van der Waals surface area contributed by atoms with Crippen LogP contribution in [-0.2, 0) is 9.59 Å². The molecule has 7 heteroatoms. The molecule has 0 aromatic heterocycles. The lowest BCUT2D eigenvalue weighted by molar-refractivity contribution is -0.384. The molecular weight excluding hydrogens is 326 g/mol. The van der Waals surface area contributed by atoms with Crippen molar-refractivity contribution in [3.8, 4) is 11.5 Å². The van der Waals surface area contributed by atoms with Crippen LogP contribution < -0.4 is 9.47 Å². The summed E-state index contributed by atoms with van der Waals surface area (Å²) in [7, 11) is 0. The highest BCUT2D eigenvalue weighted by Crippen LogP contribution is 2.27. The van der Waals surface area contributed by atoms with Gasteiger partial charge < -0.3 is 9.47 Å². The molecule has 0 saturated heterocycles. The van der Waals surface area contributed by atoms with Gasteiger partial charge in [0.05, 0.1) is 4.92 Å². The second kappa shape index (κ2) is 7.87. The third kappa shape index (κ3) is 5.28. The second-order valence-corrected chi connectivity index (χ2v) is 5.07. The van der Waals surface area contributed by atoms with Crippen LogP contribution in [0.4, 0.5) is 5.69 Å². The summed E-state index contributed by atoms with van der Waals surface area (Å²) in [5.74, 6) is -0.492. The molecule has 128 valence electrons. The lowest BCUT2D eigenvalue weighted by Gasteiger charge is -2.08. The van der Waals surface area contributed by atoms with E-state index in [9.17, 15) is 19.7 Å². The Hall–Kier alpha value is -3.48. The molecule has 0 unspecified atom stereocenters. The Morgan fingerprint density at radius 1 is 0.960 bits per heavy atom. The fourth-order valence-electron chi connectivity index (χ4n) is 2.02. The van der Waals surface area contributed by atoms with Crippen molar-refractivity contribution in [2.24, 2.45) is 0 Å². The molecule has 0 N–H and O–H groups in total. The van der Waals surface area contributed by atoms with E-state index in [2.05, 4.69) is 0 Å². The van der Waals surface area contributed by atoms with Crippen molar-refractivity contribution >= 4 is 29.8 Å². The lowest BCUT2D eigenvalue weighted by atomic mass is 10.1. The fourth-order valence-corrected chi connectivity index (χ4v) is 2.02. The maximum atomic E-state index is 11.3. The summed E-state index contributed by atoms with van der Waals surface area (Å²) >= 11 is 0. The van der Waals surface area contributed by atoms with Crippen molar-refractivity contribution in [1.82, 2.24) is 0 Å². The fraction of sp³-hybridized carbons (Fsp3) is 0.111. The number of ether oxygens (including phenoxy) is 2. The van der Waals surface area contributed by atoms with E-state index >= 15 is 0 Å². The number of nitrogens with zero attached hydrogens (tertiary/aromatic N) is 1. The van der Waals surface area contributed by atoms with E-state index in [4.69, 9.17) is 9.47 Å². The minimum Gasteiger partial charge on any atom is -0.427 e. The standard InChI is InChI=1S/C18H15NO6/c1-12(20)24-17-10-7-15(18(11-17)25-13(2)21)6-3-14-4-8-16(9-5-14)19(22)23/h3-11H,1-2H3. The SMILES string of the molecule is CC(=O)Oc1ccc(C=Cc2ccc([N+](=O)[O-])cc2)c(OC(C)=O)c1. The van der Waals surface area contributed by atoms with Gasteiger partial charge in [-0.2, -0.15) is 0 Å². The maximum Gasteiger partial charge on any atom is 0.308 e. The first-order valence-corrected chi connectivity index (χ1v) is 7.28. The highest BCUT2D eigenvalue weighted by Gasteiger charge is 2.08. The normalized spacial score (nSPS) is 10.5. The molecule has 0 spiro atoms. The van der Waals surface area contributed by atoms with Gasteiger partial charge in [-0.25, -0.2) is 0 Å². The number of hydrogen-bond acceptors (Lipinski definition) is 6. The number of nitro benzene ring substituents is 1. The number of non-ortho nitro benzene ring substituents is 1. The molecule has 0 saturated carbocycles. The Labute approximate surface area is 143 Å². The summed E-state index contributed by atoms with van der Waals surface area (Å²) in [4.78, 5) is 32.5. The highest BCUT2D eigenvalue weighted by atomic mass is 16.6. The van der Waals surface area contributed by atoms with E-state index in [1.807, 2.05) is 0 Å². The Kier molecular flexibility index (Phi) is 5.62. The Morgan fingerprint density at radius 3 is 2.16 bits per heavy atom. The maximum absolute atomic E-state index is 11.3. The van der Waals surface area contributed by atoms with Crippen molar-refractivity contribution in [2.45, 2.75) is 13.8 Å². The average molecular weight is 341 g/mol. The van der Waals surface area contributed by atoms with Crippen LogP contribution in [0.3, 0.4) is 0 Å². The number of nitro groups is 1. The summed E-state index contributed by atoms with van der Waals surface area (Å²) in [5, 5.41) is 10.7. The van der Waals surface area contributed by atoms with Crippen molar-refractivity contribution in [3.05, 3.63) is 63.7 Å². The number of rotatable bonds is 5. The van der Waals surface area contributed by atoms with Crippen molar-refractivity contribution < 1.29 is 24.0 Å². The summed E-state index contributed by atoms with van der Waals surface area (Å²) < 4.78 is 10.1. The van der Waals surface area contributed by atoms with Gasteiger partial charge in [0.25, 0.3) is 5.69 Å². The molecule has 0 heterocycles. The van der Waals surface area contributed by atoms with Gasteiger partial charge in [-0.1, -0.05) is 12.2 Å². The first kappa shape index (κ1) is 17.9. The molecule has 0 aliphatic heterocycles. The number of hydrogen-bond donors (Lipinski definition) is 0. The van der Waals surface area contributed by atoms with Crippen LogP contribution in [-0.4, -0.2) is 16.9 Å². The monoisotopic (exact) mass is 341 g/mol. The molecule has 0 bridgehead atoms. The first-order valence-electron chi connectivity index (χ1n) is 7.28. The van der Waals surface area contributed by atoms with Crippen molar-refractivity contribution in [2.75, 3.05) is 0 Å². The van der Waals surface area contributed by atoms with Gasteiger partial charge in [0, 0.05) is 37.6 Å². The lowest BCUT2D eigenvalue weighted by Crippen LogP contribution is -2.05. The molecule has 7 nitrogen and oxygen atoms in total. The minimum absolute atomic E-state index is 0.00323. The van der Waals surface area contributed by atoms with E-state index in [0.29, 0.717) is 5.56 Å². The number of carbonyl (C=O) groups is 2. The molecule has 2 rings (SSSR count). The smallest absolute Gasteiger partial charge is 0.308 e. The van der Waals surface area contributed by atoms with Crippen molar-refractivity contribution in [1.29, 1.82) is 0 Å². The van der Waals surface area contributed by atoms with Crippen molar-refractivity contribution in [3.63, 3.8) is 0 Å². The van der Waals surface area contributed by atoms with Gasteiger partial charge in [0.2, 0.25) is 0 Å². The highest BCUT2D eigenvalue weighted by molar-refractivity contribution is 5.77. The largest absolute Gasteiger partial charge is 0.427 e. The van der Waals surface area contributed by atoms with Crippen LogP contribution in [0.2, 0.25) is 0 Å². The topological polar surface area (TPSA) is 95.7 Å². The first-order chi connectivity index (χ1) is 11.8. The van der Waals surface area contributed by atoms with Gasteiger partial charge in [-0.15, -0.1) is 0 Å². The third-order valence-electron chi connectivity index (χ3n) is 3.06. The van der Waals surface area contributed by atoms with Crippen LogP contribution in [0.5, 0.6) is 11.5 Å². The van der Waals surface area contributed by atoms with E-state index in [-0.39, 0.29) is 17.2 Å². The Bertz CT molecular complexity index is 839.